The van der Waals surface area contributed by atoms with Gasteiger partial charge in [-0.2, -0.15) is 0 Å². The lowest BCUT2D eigenvalue weighted by Crippen LogP contribution is -2.39. The quantitative estimate of drug-likeness (QED) is 0.767. The number of nitrogens with zero attached hydrogens (tertiary/aromatic N) is 3. The van der Waals surface area contributed by atoms with E-state index in [2.05, 4.69) is 43.3 Å². The van der Waals surface area contributed by atoms with Crippen molar-refractivity contribution < 1.29 is 9.84 Å². The number of aromatic nitrogens is 3. The summed E-state index contributed by atoms with van der Waals surface area (Å²) in [7, 11) is 0. The molecule has 0 radical (unpaired) electrons. The number of rotatable bonds is 8. The van der Waals surface area contributed by atoms with Gasteiger partial charge in [0.05, 0.1) is 36.6 Å². The van der Waals surface area contributed by atoms with E-state index < -0.39 is 6.10 Å². The average Bonchev–Trinajstić information content (AvgIpc) is 2.82. The van der Waals surface area contributed by atoms with Gasteiger partial charge in [-0.05, 0) is 47.1 Å². The third-order valence-corrected chi connectivity index (χ3v) is 3.24. The van der Waals surface area contributed by atoms with E-state index in [1.807, 2.05) is 27.0 Å². The molecule has 6 nitrogen and oxygen atoms in total. The third-order valence-electron chi connectivity index (χ3n) is 3.24. The van der Waals surface area contributed by atoms with E-state index in [9.17, 15) is 5.11 Å². The highest BCUT2D eigenvalue weighted by Crippen LogP contribution is 2.17. The fourth-order valence-corrected chi connectivity index (χ4v) is 1.84. The Balaban J connectivity index is 2.56. The van der Waals surface area contributed by atoms with Gasteiger partial charge in [-0.3, -0.25) is 0 Å². The van der Waals surface area contributed by atoms with Crippen molar-refractivity contribution in [2.24, 2.45) is 5.92 Å². The zero-order valence-corrected chi connectivity index (χ0v) is 15.1. The molecule has 128 valence electrons. The van der Waals surface area contributed by atoms with Crippen molar-refractivity contribution in [3.05, 3.63) is 11.9 Å². The van der Waals surface area contributed by atoms with E-state index in [1.165, 1.54) is 0 Å². The monoisotopic (exact) mass is 312 g/mol. The van der Waals surface area contributed by atoms with Crippen molar-refractivity contribution in [1.82, 2.24) is 20.3 Å². The van der Waals surface area contributed by atoms with Gasteiger partial charge in [0.1, 0.15) is 5.69 Å². The number of aliphatic hydroxyl groups excluding tert-OH is 1. The first-order valence-corrected chi connectivity index (χ1v) is 7.97. The lowest BCUT2D eigenvalue weighted by Gasteiger charge is -2.25. The first-order valence-electron chi connectivity index (χ1n) is 7.97. The van der Waals surface area contributed by atoms with Crippen LogP contribution in [0.1, 0.15) is 54.2 Å². The van der Waals surface area contributed by atoms with Crippen LogP contribution >= 0.6 is 0 Å². The lowest BCUT2D eigenvalue weighted by atomic mass is 10.0. The van der Waals surface area contributed by atoms with Gasteiger partial charge in [-0.15, -0.1) is 5.10 Å². The van der Waals surface area contributed by atoms with E-state index in [1.54, 1.807) is 4.68 Å². The minimum Gasteiger partial charge on any atom is -0.389 e. The number of hydrogen-bond acceptors (Lipinski definition) is 5. The molecule has 0 saturated carbocycles. The lowest BCUT2D eigenvalue weighted by molar-refractivity contribution is -0.0533. The summed E-state index contributed by atoms with van der Waals surface area (Å²) in [5.41, 5.74) is 0.379. The molecule has 1 atom stereocenters. The molecule has 1 rings (SSSR count). The van der Waals surface area contributed by atoms with Gasteiger partial charge in [0, 0.05) is 0 Å². The van der Waals surface area contributed by atoms with E-state index in [0.29, 0.717) is 12.5 Å². The topological polar surface area (TPSA) is 72.2 Å². The molecule has 2 N–H and O–H groups in total. The van der Waals surface area contributed by atoms with Crippen molar-refractivity contribution in [1.29, 1.82) is 0 Å². The molecule has 0 aliphatic heterocycles. The molecule has 1 aromatic heterocycles. The van der Waals surface area contributed by atoms with E-state index in [-0.39, 0.29) is 17.7 Å². The second-order valence-electron chi connectivity index (χ2n) is 7.80. The first kappa shape index (κ1) is 19.1. The Hall–Kier alpha value is -0.980. The van der Waals surface area contributed by atoms with Crippen LogP contribution < -0.4 is 5.32 Å². The van der Waals surface area contributed by atoms with Crippen molar-refractivity contribution in [2.75, 3.05) is 13.2 Å². The maximum Gasteiger partial charge on any atom is 0.102 e. The molecule has 1 heterocycles. The summed E-state index contributed by atoms with van der Waals surface area (Å²) in [4.78, 5) is 0. The van der Waals surface area contributed by atoms with Crippen LogP contribution in [0.5, 0.6) is 0 Å². The van der Waals surface area contributed by atoms with Gasteiger partial charge in [0.15, 0.2) is 0 Å². The highest BCUT2D eigenvalue weighted by molar-refractivity contribution is 5.07. The molecule has 1 unspecified atom stereocenters. The van der Waals surface area contributed by atoms with Gasteiger partial charge in [-0.1, -0.05) is 19.1 Å². The molecule has 0 aliphatic carbocycles. The van der Waals surface area contributed by atoms with Gasteiger partial charge < -0.3 is 15.2 Å². The number of hydrogen-bond donors (Lipinski definition) is 2. The Kier molecular flexibility index (Phi) is 6.52. The van der Waals surface area contributed by atoms with Crippen LogP contribution in [0.2, 0.25) is 0 Å². The Bertz CT molecular complexity index is 449. The molecule has 0 aromatic carbocycles. The zero-order valence-electron chi connectivity index (χ0n) is 15.1. The molecule has 0 bridgehead atoms. The fourth-order valence-electron chi connectivity index (χ4n) is 1.84. The third kappa shape index (κ3) is 6.85. The molecule has 22 heavy (non-hydrogen) atoms. The predicted molar refractivity (Wildman–Crippen MR) is 87.6 cm³/mol. The Morgan fingerprint density at radius 3 is 2.45 bits per heavy atom. The zero-order chi connectivity index (χ0) is 17.0. The normalized spacial score (nSPS) is 14.6. The summed E-state index contributed by atoms with van der Waals surface area (Å²) >= 11 is 0. The SMILES string of the molecule is CC(C)CNC(C)(C)c1cn(CC(O)COC(C)(C)C)nn1. The molecule has 1 aromatic rings. The highest BCUT2D eigenvalue weighted by atomic mass is 16.5. The van der Waals surface area contributed by atoms with Crippen LogP contribution in [0.4, 0.5) is 0 Å². The molecular weight excluding hydrogens is 280 g/mol. The Morgan fingerprint density at radius 2 is 1.91 bits per heavy atom. The Labute approximate surface area is 134 Å². The van der Waals surface area contributed by atoms with E-state index >= 15 is 0 Å². The van der Waals surface area contributed by atoms with Crippen LogP contribution in [0.3, 0.4) is 0 Å². The number of aliphatic hydroxyl groups is 1. The molecule has 0 fully saturated rings. The fraction of sp³-hybridized carbons (Fsp3) is 0.875. The summed E-state index contributed by atoms with van der Waals surface area (Å²) < 4.78 is 7.25. The van der Waals surface area contributed by atoms with Gasteiger partial charge in [-0.25, -0.2) is 4.68 Å². The van der Waals surface area contributed by atoms with Crippen LogP contribution in [0, 0.1) is 5.92 Å². The minimum atomic E-state index is -0.597. The van der Waals surface area contributed by atoms with E-state index in [0.717, 1.165) is 12.2 Å². The van der Waals surface area contributed by atoms with Gasteiger partial charge >= 0.3 is 0 Å². The van der Waals surface area contributed by atoms with Crippen molar-refractivity contribution in [3.8, 4) is 0 Å². The summed E-state index contributed by atoms with van der Waals surface area (Å²) in [5.74, 6) is 0.575. The van der Waals surface area contributed by atoms with Crippen LogP contribution in [0.15, 0.2) is 6.20 Å². The number of ether oxygens (including phenoxy) is 1. The molecule has 0 saturated heterocycles. The minimum absolute atomic E-state index is 0.241. The molecule has 0 aliphatic rings. The summed E-state index contributed by atoms with van der Waals surface area (Å²) in [5, 5.41) is 21.8. The average molecular weight is 312 g/mol. The van der Waals surface area contributed by atoms with Gasteiger partial charge in [0.2, 0.25) is 0 Å². The maximum atomic E-state index is 10.0. The van der Waals surface area contributed by atoms with E-state index in [4.69, 9.17) is 4.74 Å². The highest BCUT2D eigenvalue weighted by Gasteiger charge is 2.24. The summed E-state index contributed by atoms with van der Waals surface area (Å²) in [6, 6.07) is 0. The molecule has 0 amide bonds. The molecular formula is C16H32N4O2. The standard InChI is InChI=1S/C16H32N4O2/c1-12(2)8-17-16(6,7)14-10-20(19-18-14)9-13(21)11-22-15(3,4)5/h10,12-13,17,21H,8-9,11H2,1-7H3. The molecule has 0 spiro atoms. The second kappa shape index (κ2) is 7.53. The largest absolute Gasteiger partial charge is 0.389 e. The Morgan fingerprint density at radius 1 is 1.27 bits per heavy atom. The van der Waals surface area contributed by atoms with Crippen LogP contribution in [-0.4, -0.2) is 45.0 Å². The predicted octanol–water partition coefficient (Wildman–Crippen LogP) is 1.93. The first-order chi connectivity index (χ1) is 9.99. The summed E-state index contributed by atoms with van der Waals surface area (Å²) in [6.45, 7) is 16.0. The van der Waals surface area contributed by atoms with Gasteiger partial charge in [0.25, 0.3) is 0 Å². The maximum absolute atomic E-state index is 10.0. The van der Waals surface area contributed by atoms with Crippen molar-refractivity contribution >= 4 is 0 Å². The van der Waals surface area contributed by atoms with Crippen molar-refractivity contribution in [3.63, 3.8) is 0 Å². The van der Waals surface area contributed by atoms with Crippen LogP contribution in [0.25, 0.3) is 0 Å². The summed E-state index contributed by atoms with van der Waals surface area (Å²) in [6.07, 6.45) is 1.29. The van der Waals surface area contributed by atoms with Crippen molar-refractivity contribution in [2.45, 2.75) is 72.3 Å². The number of nitrogens with one attached hydrogen (secondary N) is 1. The second-order valence-corrected chi connectivity index (χ2v) is 7.80. The molecule has 6 heteroatoms. The smallest absolute Gasteiger partial charge is 0.102 e. The van der Waals surface area contributed by atoms with Crippen LogP contribution in [-0.2, 0) is 16.8 Å².